The van der Waals surface area contributed by atoms with Gasteiger partial charge in [-0.25, -0.2) is 9.78 Å². The highest BCUT2D eigenvalue weighted by Gasteiger charge is 2.26. The van der Waals surface area contributed by atoms with Crippen LogP contribution in [0.5, 0.6) is 0 Å². The maximum atomic E-state index is 11.7. The van der Waals surface area contributed by atoms with Crippen LogP contribution < -0.4 is 5.32 Å². The molecule has 2 aliphatic heterocycles. The van der Waals surface area contributed by atoms with Gasteiger partial charge in [0.1, 0.15) is 11.4 Å². The van der Waals surface area contributed by atoms with Crippen molar-refractivity contribution in [1.29, 1.82) is 0 Å². The quantitative estimate of drug-likeness (QED) is 0.852. The lowest BCUT2D eigenvalue weighted by Crippen LogP contribution is -2.40. The fraction of sp³-hybridized carbons (Fsp3) is 0.684. The first kappa shape index (κ1) is 16.8. The summed E-state index contributed by atoms with van der Waals surface area (Å²) in [5.41, 5.74) is 2.49. The molecule has 1 aromatic rings. The molecule has 0 spiro atoms. The number of carboxylic acid groups (broad SMARTS) is 1. The molecule has 3 heterocycles. The van der Waals surface area contributed by atoms with Gasteiger partial charge in [-0.1, -0.05) is 0 Å². The topological polar surface area (TPSA) is 74.7 Å². The van der Waals surface area contributed by atoms with Gasteiger partial charge in [0.15, 0.2) is 0 Å². The molecule has 136 valence electrons. The number of pyridine rings is 1. The van der Waals surface area contributed by atoms with Crippen LogP contribution in [-0.4, -0.2) is 59.8 Å². The molecule has 0 unspecified atom stereocenters. The van der Waals surface area contributed by atoms with Crippen LogP contribution in [0.1, 0.15) is 47.3 Å². The van der Waals surface area contributed by atoms with Gasteiger partial charge >= 0.3 is 5.97 Å². The molecule has 6 nitrogen and oxygen atoms in total. The lowest BCUT2D eigenvalue weighted by Gasteiger charge is -2.33. The average molecular weight is 345 g/mol. The average Bonchev–Trinajstić information content (AvgIpc) is 3.46. The van der Waals surface area contributed by atoms with Crippen molar-refractivity contribution in [3.8, 4) is 0 Å². The Labute approximate surface area is 148 Å². The lowest BCUT2D eigenvalue weighted by molar-refractivity contribution is 0.0355. The molecule has 6 heteroatoms. The number of ether oxygens (including phenoxy) is 1. The van der Waals surface area contributed by atoms with E-state index in [-0.39, 0.29) is 0 Å². The summed E-state index contributed by atoms with van der Waals surface area (Å²) >= 11 is 0. The number of nitrogens with one attached hydrogen (secondary N) is 1. The predicted octanol–water partition coefficient (Wildman–Crippen LogP) is 2.18. The van der Waals surface area contributed by atoms with Gasteiger partial charge in [-0.2, -0.15) is 0 Å². The minimum atomic E-state index is -0.890. The van der Waals surface area contributed by atoms with Crippen molar-refractivity contribution in [2.24, 2.45) is 5.92 Å². The predicted molar refractivity (Wildman–Crippen MR) is 95.2 cm³/mol. The normalized spacial score (nSPS) is 22.2. The standard InChI is InChI=1S/C19H27N3O3/c23-19(24)16-11-14-3-7-22(15-5-9-25-10-6-15)8-4-17(14)21-18(16)20-12-13-1-2-13/h11,13,15H,1-10,12H2,(H,20,21)(H,23,24). The highest BCUT2D eigenvalue weighted by Crippen LogP contribution is 2.30. The summed E-state index contributed by atoms with van der Waals surface area (Å²) in [6.45, 7) is 4.52. The Kier molecular flexibility index (Phi) is 4.90. The number of aromatic carboxylic acids is 1. The van der Waals surface area contributed by atoms with Crippen LogP contribution in [0.4, 0.5) is 5.82 Å². The summed E-state index contributed by atoms with van der Waals surface area (Å²) in [6, 6.07) is 2.45. The van der Waals surface area contributed by atoms with Crippen LogP contribution in [0.25, 0.3) is 0 Å². The molecule has 25 heavy (non-hydrogen) atoms. The van der Waals surface area contributed by atoms with E-state index in [9.17, 15) is 9.90 Å². The Bertz CT molecular complexity index is 639. The number of aromatic nitrogens is 1. The fourth-order valence-corrected chi connectivity index (χ4v) is 3.93. The van der Waals surface area contributed by atoms with Gasteiger partial charge in [0.05, 0.1) is 0 Å². The zero-order valence-electron chi connectivity index (χ0n) is 14.7. The molecule has 0 aromatic carbocycles. The van der Waals surface area contributed by atoms with Crippen LogP contribution in [-0.2, 0) is 17.6 Å². The summed E-state index contributed by atoms with van der Waals surface area (Å²) in [5, 5.41) is 12.8. The number of hydrogen-bond donors (Lipinski definition) is 2. The van der Waals surface area contributed by atoms with Gasteiger partial charge < -0.3 is 15.2 Å². The third-order valence-corrected chi connectivity index (χ3v) is 5.69. The Balaban J connectivity index is 1.51. The first-order valence-corrected chi connectivity index (χ1v) is 9.52. The maximum absolute atomic E-state index is 11.7. The third-order valence-electron chi connectivity index (χ3n) is 5.69. The maximum Gasteiger partial charge on any atom is 0.339 e. The Morgan fingerprint density at radius 1 is 1.24 bits per heavy atom. The molecule has 2 N–H and O–H groups in total. The van der Waals surface area contributed by atoms with E-state index in [1.54, 1.807) is 0 Å². The van der Waals surface area contributed by atoms with Crippen LogP contribution in [0.15, 0.2) is 6.07 Å². The van der Waals surface area contributed by atoms with Crippen molar-refractivity contribution in [1.82, 2.24) is 9.88 Å². The summed E-state index contributed by atoms with van der Waals surface area (Å²) in [4.78, 5) is 18.9. The van der Waals surface area contributed by atoms with Gasteiger partial charge in [-0.15, -0.1) is 0 Å². The minimum Gasteiger partial charge on any atom is -0.478 e. The molecule has 2 fully saturated rings. The Morgan fingerprint density at radius 2 is 2.00 bits per heavy atom. The molecule has 4 rings (SSSR count). The number of nitrogens with zero attached hydrogens (tertiary/aromatic N) is 2. The summed E-state index contributed by atoms with van der Waals surface area (Å²) in [5.74, 6) is 0.350. The molecule has 1 saturated heterocycles. The highest BCUT2D eigenvalue weighted by atomic mass is 16.5. The molecule has 1 aromatic heterocycles. The molecule has 0 amide bonds. The Hall–Kier alpha value is -1.66. The van der Waals surface area contributed by atoms with Crippen molar-refractivity contribution in [2.75, 3.05) is 38.2 Å². The van der Waals surface area contributed by atoms with E-state index in [0.29, 0.717) is 23.3 Å². The van der Waals surface area contributed by atoms with Crippen LogP contribution >= 0.6 is 0 Å². The zero-order chi connectivity index (χ0) is 17.2. The van der Waals surface area contributed by atoms with Crippen molar-refractivity contribution in [3.05, 3.63) is 22.9 Å². The highest BCUT2D eigenvalue weighted by molar-refractivity contribution is 5.93. The van der Waals surface area contributed by atoms with Crippen molar-refractivity contribution in [3.63, 3.8) is 0 Å². The van der Waals surface area contributed by atoms with Gasteiger partial charge in [-0.05, 0) is 49.7 Å². The van der Waals surface area contributed by atoms with E-state index in [4.69, 9.17) is 9.72 Å². The number of carboxylic acids is 1. The first-order valence-electron chi connectivity index (χ1n) is 9.52. The van der Waals surface area contributed by atoms with Gasteiger partial charge in [-0.3, -0.25) is 4.90 Å². The third kappa shape index (κ3) is 3.96. The molecule has 0 radical (unpaired) electrons. The molecule has 1 saturated carbocycles. The number of anilines is 1. The number of rotatable bonds is 5. The molecule has 0 bridgehead atoms. The van der Waals surface area contributed by atoms with E-state index in [2.05, 4.69) is 10.2 Å². The summed E-state index contributed by atoms with van der Waals surface area (Å²) in [6.07, 6.45) is 6.44. The number of fused-ring (bicyclic) bond motifs is 1. The molecule has 3 aliphatic rings. The van der Waals surface area contributed by atoms with E-state index in [1.165, 1.54) is 12.8 Å². The van der Waals surface area contributed by atoms with E-state index < -0.39 is 5.97 Å². The van der Waals surface area contributed by atoms with E-state index >= 15 is 0 Å². The second-order valence-electron chi connectivity index (χ2n) is 7.50. The number of carbonyl (C=O) groups is 1. The van der Waals surface area contributed by atoms with E-state index in [0.717, 1.165) is 69.8 Å². The van der Waals surface area contributed by atoms with Crippen LogP contribution in [0.3, 0.4) is 0 Å². The Morgan fingerprint density at radius 3 is 2.72 bits per heavy atom. The number of hydrogen-bond acceptors (Lipinski definition) is 5. The van der Waals surface area contributed by atoms with Gasteiger partial charge in [0.2, 0.25) is 0 Å². The largest absolute Gasteiger partial charge is 0.478 e. The molecular weight excluding hydrogens is 318 g/mol. The SMILES string of the molecule is O=C(O)c1cc2c(nc1NCC1CC1)CCN(C1CCOCC1)CC2. The molecule has 1 aliphatic carbocycles. The van der Waals surface area contributed by atoms with Crippen molar-refractivity contribution < 1.29 is 14.6 Å². The zero-order valence-corrected chi connectivity index (χ0v) is 14.7. The van der Waals surface area contributed by atoms with Crippen LogP contribution in [0, 0.1) is 5.92 Å². The summed E-state index contributed by atoms with van der Waals surface area (Å²) in [7, 11) is 0. The van der Waals surface area contributed by atoms with Crippen LogP contribution in [0.2, 0.25) is 0 Å². The van der Waals surface area contributed by atoms with Gasteiger partial charge in [0, 0.05) is 51.0 Å². The monoisotopic (exact) mass is 345 g/mol. The van der Waals surface area contributed by atoms with Gasteiger partial charge in [0.25, 0.3) is 0 Å². The van der Waals surface area contributed by atoms with Crippen molar-refractivity contribution in [2.45, 2.75) is 44.6 Å². The summed E-state index contributed by atoms with van der Waals surface area (Å²) < 4.78 is 5.48. The smallest absolute Gasteiger partial charge is 0.339 e. The van der Waals surface area contributed by atoms with Crippen molar-refractivity contribution >= 4 is 11.8 Å². The fourth-order valence-electron chi connectivity index (χ4n) is 3.93. The first-order chi connectivity index (χ1) is 12.2. The minimum absolute atomic E-state index is 0.318. The second-order valence-corrected chi connectivity index (χ2v) is 7.50. The second kappa shape index (κ2) is 7.30. The lowest BCUT2D eigenvalue weighted by atomic mass is 10.1. The van der Waals surface area contributed by atoms with E-state index in [1.807, 2.05) is 6.07 Å². The molecule has 0 atom stereocenters. The molecular formula is C19H27N3O3.